The van der Waals surface area contributed by atoms with Crippen LogP contribution in [-0.2, 0) is 28.8 Å². The maximum Gasteiger partial charge on any atom is 0.350 e. The van der Waals surface area contributed by atoms with Crippen molar-refractivity contribution < 1.29 is 33.9 Å². The lowest BCUT2D eigenvalue weighted by Crippen LogP contribution is -2.73. The van der Waals surface area contributed by atoms with Crippen LogP contribution in [0.15, 0.2) is 77.2 Å². The van der Waals surface area contributed by atoms with Crippen molar-refractivity contribution in [3.63, 3.8) is 0 Å². The first-order chi connectivity index (χ1) is 16.3. The fraction of sp³-hybridized carbons (Fsp3) is 0.240. The summed E-state index contributed by atoms with van der Waals surface area (Å²) in [6, 6.07) is 16.7. The second-order valence-electron chi connectivity index (χ2n) is 8.36. The van der Waals surface area contributed by atoms with Crippen molar-refractivity contribution in [1.29, 1.82) is 0 Å². The van der Waals surface area contributed by atoms with Crippen molar-refractivity contribution in [1.82, 2.24) is 0 Å². The monoisotopic (exact) mass is 460 g/mol. The molecule has 5 rings (SSSR count). The average molecular weight is 460 g/mol. The molecule has 2 aliphatic heterocycles. The SMILES string of the molecule is COC(=O)C12C(=C(O)C(=O)N1c1ccccc1)C(=O)CC(c1ccccc1)C21C(=O)ON=C1C. The number of aliphatic hydroxyl groups excluding tert-OH is 1. The molecule has 1 aliphatic carbocycles. The summed E-state index contributed by atoms with van der Waals surface area (Å²) in [6.45, 7) is 1.50. The number of carbonyl (C=O) groups excluding carboxylic acids is 4. The molecule has 0 aromatic heterocycles. The fourth-order valence-corrected chi connectivity index (χ4v) is 5.70. The molecule has 1 spiro atoms. The molecule has 2 aromatic carbocycles. The summed E-state index contributed by atoms with van der Waals surface area (Å²) in [5, 5.41) is 14.8. The van der Waals surface area contributed by atoms with Gasteiger partial charge in [0.25, 0.3) is 5.91 Å². The zero-order valence-corrected chi connectivity index (χ0v) is 18.3. The maximum absolute atomic E-state index is 13.8. The Labute approximate surface area is 194 Å². The number of ether oxygens (including phenoxy) is 1. The van der Waals surface area contributed by atoms with Gasteiger partial charge in [0.15, 0.2) is 22.5 Å². The summed E-state index contributed by atoms with van der Waals surface area (Å²) < 4.78 is 5.17. The van der Waals surface area contributed by atoms with Crippen molar-refractivity contribution in [3.05, 3.63) is 77.6 Å². The zero-order chi connectivity index (χ0) is 24.3. The quantitative estimate of drug-likeness (QED) is 0.551. The van der Waals surface area contributed by atoms with Crippen LogP contribution < -0.4 is 4.90 Å². The van der Waals surface area contributed by atoms with Crippen LogP contribution in [0, 0.1) is 5.41 Å². The van der Waals surface area contributed by atoms with Crippen LogP contribution in [0.4, 0.5) is 5.69 Å². The van der Waals surface area contributed by atoms with Crippen molar-refractivity contribution in [2.24, 2.45) is 10.6 Å². The molecule has 9 nitrogen and oxygen atoms in total. The van der Waals surface area contributed by atoms with Crippen LogP contribution in [0.3, 0.4) is 0 Å². The fourth-order valence-electron chi connectivity index (χ4n) is 5.70. The highest BCUT2D eigenvalue weighted by Gasteiger charge is 2.81. The number of benzene rings is 2. The third-order valence-electron chi connectivity index (χ3n) is 6.96. The second kappa shape index (κ2) is 7.38. The number of esters is 1. The predicted molar refractivity (Wildman–Crippen MR) is 119 cm³/mol. The highest BCUT2D eigenvalue weighted by Crippen LogP contribution is 2.63. The van der Waals surface area contributed by atoms with Gasteiger partial charge in [-0.15, -0.1) is 0 Å². The average Bonchev–Trinajstić information content (AvgIpc) is 3.29. The van der Waals surface area contributed by atoms with Crippen LogP contribution in [0.2, 0.25) is 0 Å². The van der Waals surface area contributed by atoms with Gasteiger partial charge in [-0.1, -0.05) is 53.7 Å². The van der Waals surface area contributed by atoms with Crippen molar-refractivity contribution in [3.8, 4) is 0 Å². The van der Waals surface area contributed by atoms with E-state index in [0.29, 0.717) is 5.56 Å². The van der Waals surface area contributed by atoms with Gasteiger partial charge in [-0.2, -0.15) is 0 Å². The molecule has 3 aliphatic rings. The first kappa shape index (κ1) is 21.6. The topological polar surface area (TPSA) is 123 Å². The Morgan fingerprint density at radius 3 is 2.26 bits per heavy atom. The Balaban J connectivity index is 1.95. The molecule has 1 saturated carbocycles. The first-order valence-corrected chi connectivity index (χ1v) is 10.6. The highest BCUT2D eigenvalue weighted by atomic mass is 16.7. The van der Waals surface area contributed by atoms with Crippen LogP contribution in [0.5, 0.6) is 0 Å². The molecular weight excluding hydrogens is 440 g/mol. The summed E-state index contributed by atoms with van der Waals surface area (Å²) in [4.78, 5) is 60.7. The van der Waals surface area contributed by atoms with E-state index in [2.05, 4.69) is 5.16 Å². The van der Waals surface area contributed by atoms with Crippen molar-refractivity contribution in [2.75, 3.05) is 12.0 Å². The van der Waals surface area contributed by atoms with E-state index in [1.165, 1.54) is 19.1 Å². The van der Waals surface area contributed by atoms with Gasteiger partial charge in [0.1, 0.15) is 0 Å². The highest BCUT2D eigenvalue weighted by molar-refractivity contribution is 6.31. The van der Waals surface area contributed by atoms with Gasteiger partial charge in [-0.05, 0) is 24.6 Å². The molecular formula is C25H20N2O7. The molecule has 2 heterocycles. The number of rotatable bonds is 3. The van der Waals surface area contributed by atoms with E-state index >= 15 is 0 Å². The van der Waals surface area contributed by atoms with Crippen LogP contribution in [-0.4, -0.2) is 47.1 Å². The first-order valence-electron chi connectivity index (χ1n) is 10.6. The zero-order valence-electron chi connectivity index (χ0n) is 18.3. The standard InChI is InChI=1S/C25H20N2O7/c1-14-24(22(31)34-26-14)17(15-9-5-3-6-10-15)13-18(28)19-20(29)21(30)27(16-11-7-4-8-12-16)25(19,24)23(32)33-2/h3-12,17,29H,13H2,1-2H3. The number of Topliss-reactive ketones (excluding diaryl/α,β-unsaturated/α-hetero) is 1. The Kier molecular flexibility index (Phi) is 4.68. The van der Waals surface area contributed by atoms with E-state index in [1.807, 2.05) is 0 Å². The lowest BCUT2D eigenvalue weighted by molar-refractivity contribution is -0.164. The number of methoxy groups -OCH3 is 1. The number of nitrogens with zero attached hydrogens (tertiary/aromatic N) is 2. The largest absolute Gasteiger partial charge is 0.503 e. The molecule has 0 saturated heterocycles. The van der Waals surface area contributed by atoms with Crippen molar-refractivity contribution >= 4 is 35.0 Å². The summed E-state index contributed by atoms with van der Waals surface area (Å²) in [5.74, 6) is -5.48. The lowest BCUT2D eigenvalue weighted by Gasteiger charge is -2.52. The second-order valence-corrected chi connectivity index (χ2v) is 8.36. The van der Waals surface area contributed by atoms with Gasteiger partial charge in [-0.3, -0.25) is 14.5 Å². The number of anilines is 1. The lowest BCUT2D eigenvalue weighted by atomic mass is 9.50. The molecule has 1 amide bonds. The van der Waals surface area contributed by atoms with Crippen LogP contribution in [0.25, 0.3) is 0 Å². The van der Waals surface area contributed by atoms with E-state index in [4.69, 9.17) is 9.57 Å². The Morgan fingerprint density at radius 2 is 1.71 bits per heavy atom. The smallest absolute Gasteiger partial charge is 0.350 e. The summed E-state index contributed by atoms with van der Waals surface area (Å²) in [7, 11) is 1.09. The van der Waals surface area contributed by atoms with Crippen LogP contribution >= 0.6 is 0 Å². The van der Waals surface area contributed by atoms with E-state index in [9.17, 15) is 24.3 Å². The van der Waals surface area contributed by atoms with Gasteiger partial charge < -0.3 is 14.7 Å². The number of ketones is 1. The minimum atomic E-state index is -2.37. The molecule has 9 heteroatoms. The number of aliphatic hydroxyl groups is 1. The van der Waals surface area contributed by atoms with Gasteiger partial charge in [0.05, 0.1) is 18.4 Å². The number of hydrogen-bond donors (Lipinski definition) is 1. The minimum absolute atomic E-state index is 0.0881. The maximum atomic E-state index is 13.8. The number of fused-ring (bicyclic) bond motifs is 2. The number of oxime groups is 1. The molecule has 34 heavy (non-hydrogen) atoms. The van der Waals surface area contributed by atoms with E-state index < -0.39 is 51.8 Å². The molecule has 3 unspecified atom stereocenters. The van der Waals surface area contributed by atoms with E-state index in [-0.39, 0.29) is 17.8 Å². The minimum Gasteiger partial charge on any atom is -0.503 e. The molecule has 2 aromatic rings. The third-order valence-corrected chi connectivity index (χ3v) is 6.96. The van der Waals surface area contributed by atoms with Gasteiger partial charge >= 0.3 is 11.9 Å². The summed E-state index contributed by atoms with van der Waals surface area (Å²) in [6.07, 6.45) is -0.264. The molecule has 3 atom stereocenters. The Hall–Kier alpha value is -4.27. The molecule has 0 radical (unpaired) electrons. The van der Waals surface area contributed by atoms with E-state index in [0.717, 1.165) is 12.0 Å². The van der Waals surface area contributed by atoms with E-state index in [1.54, 1.807) is 48.5 Å². The number of para-hydroxylation sites is 1. The predicted octanol–water partition coefficient (Wildman–Crippen LogP) is 2.43. The Bertz CT molecular complexity index is 1300. The Morgan fingerprint density at radius 1 is 1.09 bits per heavy atom. The van der Waals surface area contributed by atoms with Crippen LogP contribution in [0.1, 0.15) is 24.8 Å². The molecule has 1 fully saturated rings. The number of carbonyl (C=O) groups is 4. The normalized spacial score (nSPS) is 28.2. The molecule has 1 N–H and O–H groups in total. The third kappa shape index (κ3) is 2.35. The molecule has 0 bridgehead atoms. The molecule has 172 valence electrons. The number of amides is 1. The summed E-state index contributed by atoms with van der Waals surface area (Å²) >= 11 is 0. The van der Waals surface area contributed by atoms with Gasteiger partial charge in [-0.25, -0.2) is 9.59 Å². The van der Waals surface area contributed by atoms with Crippen molar-refractivity contribution in [2.45, 2.75) is 24.8 Å². The number of hydrogen-bond acceptors (Lipinski definition) is 8. The van der Waals surface area contributed by atoms with Gasteiger partial charge in [0.2, 0.25) is 0 Å². The summed E-state index contributed by atoms with van der Waals surface area (Å²) in [5.41, 5.74) is -3.99. The van der Waals surface area contributed by atoms with Gasteiger partial charge in [0, 0.05) is 18.0 Å².